The highest BCUT2D eigenvalue weighted by atomic mass is 35.5. The number of carbonyl (C=O) groups excluding carboxylic acids is 3. The molecule has 0 spiro atoms. The van der Waals surface area contributed by atoms with Gasteiger partial charge in [-0.05, 0) is 49.1 Å². The molecule has 1 fully saturated rings. The summed E-state index contributed by atoms with van der Waals surface area (Å²) in [4.78, 5) is 39.4. The van der Waals surface area contributed by atoms with Crippen LogP contribution in [-0.2, 0) is 14.3 Å². The number of morpholine rings is 1. The van der Waals surface area contributed by atoms with E-state index in [0.717, 1.165) is 22.6 Å². The Kier molecular flexibility index (Phi) is 7.76. The summed E-state index contributed by atoms with van der Waals surface area (Å²) in [5.74, 6) is -0.304. The van der Waals surface area contributed by atoms with E-state index in [1.165, 1.54) is 11.8 Å². The van der Waals surface area contributed by atoms with Crippen LogP contribution >= 0.6 is 34.7 Å². The van der Waals surface area contributed by atoms with Gasteiger partial charge in [0.05, 0.1) is 15.8 Å². The maximum absolute atomic E-state index is 12.8. The molecular formula is C20H22ClN3O4S2. The monoisotopic (exact) mass is 467 g/mol. The third-order valence-corrected chi connectivity index (χ3v) is 6.39. The van der Waals surface area contributed by atoms with Crippen LogP contribution in [0.4, 0.5) is 11.4 Å². The number of hydrogen-bond acceptors (Lipinski definition) is 6. The van der Waals surface area contributed by atoms with Crippen molar-refractivity contribution in [2.24, 2.45) is 0 Å². The molecule has 2 N–H and O–H groups in total. The molecule has 2 heterocycles. The lowest BCUT2D eigenvalue weighted by molar-refractivity contribution is -0.125. The van der Waals surface area contributed by atoms with Crippen LogP contribution in [0.5, 0.6) is 0 Å². The highest BCUT2D eigenvalue weighted by Gasteiger charge is 2.24. The quantitative estimate of drug-likeness (QED) is 0.653. The average Bonchev–Trinajstić information content (AvgIpc) is 3.15. The zero-order valence-corrected chi connectivity index (χ0v) is 19.0. The number of nitrogens with zero attached hydrogens (tertiary/aromatic N) is 1. The van der Waals surface area contributed by atoms with Gasteiger partial charge in [-0.15, -0.1) is 11.3 Å². The molecule has 0 saturated carbocycles. The first-order chi connectivity index (χ1) is 14.4. The number of hydrogen-bond donors (Lipinski definition) is 2. The first-order valence-electron chi connectivity index (χ1n) is 9.24. The summed E-state index contributed by atoms with van der Waals surface area (Å²) in [6.45, 7) is 2.95. The van der Waals surface area contributed by atoms with Crippen molar-refractivity contribution in [1.29, 1.82) is 0 Å². The van der Waals surface area contributed by atoms with Gasteiger partial charge in [0.2, 0.25) is 5.91 Å². The molecule has 1 aliphatic rings. The molecule has 30 heavy (non-hydrogen) atoms. The first-order valence-corrected chi connectivity index (χ1v) is 11.8. The average molecular weight is 468 g/mol. The van der Waals surface area contributed by atoms with Gasteiger partial charge in [0.15, 0.2) is 0 Å². The molecule has 3 amide bonds. The summed E-state index contributed by atoms with van der Waals surface area (Å²) in [7, 11) is 0. The molecule has 0 radical (unpaired) electrons. The maximum atomic E-state index is 12.8. The van der Waals surface area contributed by atoms with Crippen molar-refractivity contribution in [2.75, 3.05) is 42.0 Å². The Bertz CT molecular complexity index is 950. The number of benzene rings is 1. The fourth-order valence-electron chi connectivity index (χ4n) is 3.05. The van der Waals surface area contributed by atoms with E-state index < -0.39 is 6.04 Å². The maximum Gasteiger partial charge on any atom is 0.262 e. The summed E-state index contributed by atoms with van der Waals surface area (Å²) < 4.78 is 5.69. The smallest absolute Gasteiger partial charge is 0.262 e. The second-order valence-electron chi connectivity index (χ2n) is 6.67. The van der Waals surface area contributed by atoms with Gasteiger partial charge in [-0.1, -0.05) is 11.6 Å². The Balaban J connectivity index is 1.68. The van der Waals surface area contributed by atoms with Crippen LogP contribution in [0.2, 0.25) is 4.34 Å². The SMILES string of the molecule is CSC[C@@H](NC(=O)c1ccc(Cl)s1)C(=O)Nc1ccc(N2CCOCC2=O)c(C)c1. The first kappa shape index (κ1) is 22.6. The predicted octanol–water partition coefficient (Wildman–Crippen LogP) is 3.17. The summed E-state index contributed by atoms with van der Waals surface area (Å²) in [5, 5.41) is 5.62. The number of rotatable bonds is 7. The molecule has 0 unspecified atom stereocenters. The molecule has 0 bridgehead atoms. The molecule has 3 rings (SSSR count). The van der Waals surface area contributed by atoms with E-state index in [1.54, 1.807) is 23.1 Å². The number of carbonyl (C=O) groups is 3. The standard InChI is InChI=1S/C20H22ClN3O4S2/c1-12-9-13(3-4-15(12)24-7-8-28-10-18(24)25)22-19(26)14(11-29-2)23-20(27)16-5-6-17(21)30-16/h3-6,9,14H,7-8,10-11H2,1-2H3,(H,22,26)(H,23,27)/t14-/m1/s1. The molecule has 1 saturated heterocycles. The minimum Gasteiger partial charge on any atom is -0.370 e. The topological polar surface area (TPSA) is 87.7 Å². The number of thioether (sulfide) groups is 1. The van der Waals surface area contributed by atoms with Crippen LogP contribution in [0, 0.1) is 6.92 Å². The second kappa shape index (κ2) is 10.3. The number of ether oxygens (including phenoxy) is 1. The van der Waals surface area contributed by atoms with Gasteiger partial charge in [-0.25, -0.2) is 0 Å². The predicted molar refractivity (Wildman–Crippen MR) is 122 cm³/mol. The normalized spacial score (nSPS) is 15.0. The molecule has 1 aromatic carbocycles. The van der Waals surface area contributed by atoms with Crippen LogP contribution < -0.4 is 15.5 Å². The zero-order chi connectivity index (χ0) is 21.7. The second-order valence-corrected chi connectivity index (χ2v) is 9.30. The minimum atomic E-state index is -0.700. The number of anilines is 2. The van der Waals surface area contributed by atoms with Crippen LogP contribution in [0.1, 0.15) is 15.2 Å². The molecule has 1 aliphatic heterocycles. The Morgan fingerprint density at radius 2 is 2.13 bits per heavy atom. The molecule has 1 aromatic heterocycles. The zero-order valence-electron chi connectivity index (χ0n) is 16.6. The van der Waals surface area contributed by atoms with Gasteiger partial charge in [0, 0.05) is 23.7 Å². The van der Waals surface area contributed by atoms with E-state index in [-0.39, 0.29) is 24.3 Å². The van der Waals surface area contributed by atoms with Crippen molar-refractivity contribution in [1.82, 2.24) is 5.32 Å². The molecule has 2 aromatic rings. The Morgan fingerprint density at radius 1 is 1.33 bits per heavy atom. The van der Waals surface area contributed by atoms with Gasteiger partial charge >= 0.3 is 0 Å². The van der Waals surface area contributed by atoms with Crippen molar-refractivity contribution < 1.29 is 19.1 Å². The van der Waals surface area contributed by atoms with Crippen molar-refractivity contribution >= 4 is 63.8 Å². The fourth-order valence-corrected chi connectivity index (χ4v) is 4.57. The molecule has 1 atom stereocenters. The van der Waals surface area contributed by atoms with Crippen LogP contribution in [0.25, 0.3) is 0 Å². The largest absolute Gasteiger partial charge is 0.370 e. The molecule has 10 heteroatoms. The summed E-state index contributed by atoms with van der Waals surface area (Å²) in [6, 6.07) is 7.95. The van der Waals surface area contributed by atoms with Gasteiger partial charge < -0.3 is 20.3 Å². The van der Waals surface area contributed by atoms with Crippen molar-refractivity contribution in [3.8, 4) is 0 Å². The molecule has 160 valence electrons. The number of thiophene rings is 1. The van der Waals surface area contributed by atoms with E-state index in [9.17, 15) is 14.4 Å². The lowest BCUT2D eigenvalue weighted by Crippen LogP contribution is -2.45. The van der Waals surface area contributed by atoms with E-state index in [4.69, 9.17) is 16.3 Å². The Morgan fingerprint density at radius 3 is 2.77 bits per heavy atom. The van der Waals surface area contributed by atoms with E-state index in [2.05, 4.69) is 10.6 Å². The number of halogens is 1. The van der Waals surface area contributed by atoms with E-state index in [0.29, 0.717) is 33.8 Å². The fraction of sp³-hybridized carbons (Fsp3) is 0.350. The summed E-state index contributed by atoms with van der Waals surface area (Å²) in [5.41, 5.74) is 2.26. The lowest BCUT2D eigenvalue weighted by atomic mass is 10.1. The summed E-state index contributed by atoms with van der Waals surface area (Å²) in [6.07, 6.45) is 1.87. The van der Waals surface area contributed by atoms with Gasteiger partial charge in [0.1, 0.15) is 12.6 Å². The van der Waals surface area contributed by atoms with Crippen molar-refractivity contribution in [2.45, 2.75) is 13.0 Å². The Hall–Kier alpha value is -2.07. The number of amides is 3. The minimum absolute atomic E-state index is 0.0729. The van der Waals surface area contributed by atoms with Crippen molar-refractivity contribution in [3.05, 3.63) is 45.1 Å². The highest BCUT2D eigenvalue weighted by molar-refractivity contribution is 7.98. The van der Waals surface area contributed by atoms with Crippen LogP contribution in [0.15, 0.2) is 30.3 Å². The number of aryl methyl sites for hydroxylation is 1. The third kappa shape index (κ3) is 5.54. The van der Waals surface area contributed by atoms with Gasteiger partial charge in [-0.3, -0.25) is 14.4 Å². The van der Waals surface area contributed by atoms with Gasteiger partial charge in [0.25, 0.3) is 11.8 Å². The molecular weight excluding hydrogens is 446 g/mol. The summed E-state index contributed by atoms with van der Waals surface area (Å²) >= 11 is 8.51. The van der Waals surface area contributed by atoms with E-state index in [1.807, 2.05) is 25.3 Å². The highest BCUT2D eigenvalue weighted by Crippen LogP contribution is 2.25. The Labute approximate surface area is 188 Å². The lowest BCUT2D eigenvalue weighted by Gasteiger charge is -2.28. The molecule has 7 nitrogen and oxygen atoms in total. The van der Waals surface area contributed by atoms with Gasteiger partial charge in [-0.2, -0.15) is 11.8 Å². The van der Waals surface area contributed by atoms with Crippen LogP contribution in [0.3, 0.4) is 0 Å². The van der Waals surface area contributed by atoms with Crippen molar-refractivity contribution in [3.63, 3.8) is 0 Å². The third-order valence-electron chi connectivity index (χ3n) is 4.49. The molecule has 0 aliphatic carbocycles. The van der Waals surface area contributed by atoms with Crippen LogP contribution in [-0.4, -0.2) is 55.5 Å². The van der Waals surface area contributed by atoms with E-state index >= 15 is 0 Å². The number of nitrogens with one attached hydrogen (secondary N) is 2.